The molecular weight excluding hydrogens is 410 g/mol. The SMILES string of the molecule is CCCN(CCC)C(=O)c1ccc2c(c1)C(C(=Nc1ccccc1)c1ccccc1)C(=O)N2. The smallest absolute Gasteiger partial charge is 0.253 e. The average Bonchev–Trinajstić information content (AvgIpc) is 3.18. The van der Waals surface area contributed by atoms with E-state index in [1.54, 1.807) is 6.07 Å². The summed E-state index contributed by atoms with van der Waals surface area (Å²) in [5.74, 6) is -0.728. The molecule has 1 aliphatic heterocycles. The Hall–Kier alpha value is -3.73. The molecule has 5 nitrogen and oxygen atoms in total. The zero-order valence-corrected chi connectivity index (χ0v) is 19.1. The summed E-state index contributed by atoms with van der Waals surface area (Å²) >= 11 is 0. The molecule has 3 aromatic rings. The summed E-state index contributed by atoms with van der Waals surface area (Å²) in [5, 5.41) is 2.98. The summed E-state index contributed by atoms with van der Waals surface area (Å²) in [6.07, 6.45) is 1.81. The number of nitrogens with zero attached hydrogens (tertiary/aromatic N) is 2. The van der Waals surface area contributed by atoms with E-state index in [0.717, 1.165) is 48.4 Å². The summed E-state index contributed by atoms with van der Waals surface area (Å²) in [5.41, 5.74) is 4.45. The predicted molar refractivity (Wildman–Crippen MR) is 133 cm³/mol. The van der Waals surface area contributed by atoms with Crippen LogP contribution in [0.4, 0.5) is 11.4 Å². The molecule has 2 amide bonds. The van der Waals surface area contributed by atoms with Gasteiger partial charge in [0.1, 0.15) is 5.92 Å². The molecule has 0 radical (unpaired) electrons. The van der Waals surface area contributed by atoms with Gasteiger partial charge >= 0.3 is 0 Å². The van der Waals surface area contributed by atoms with Gasteiger partial charge in [0.25, 0.3) is 5.91 Å². The monoisotopic (exact) mass is 439 g/mol. The van der Waals surface area contributed by atoms with E-state index in [2.05, 4.69) is 19.2 Å². The van der Waals surface area contributed by atoms with Crippen molar-refractivity contribution < 1.29 is 9.59 Å². The minimum absolute atomic E-state index is 0.000795. The lowest BCUT2D eigenvalue weighted by atomic mass is 9.89. The highest BCUT2D eigenvalue weighted by Crippen LogP contribution is 2.37. The Morgan fingerprint density at radius 3 is 2.15 bits per heavy atom. The Morgan fingerprint density at radius 1 is 0.879 bits per heavy atom. The topological polar surface area (TPSA) is 61.8 Å². The lowest BCUT2D eigenvalue weighted by molar-refractivity contribution is -0.115. The molecule has 0 aliphatic carbocycles. The molecule has 1 atom stereocenters. The molecule has 0 spiro atoms. The number of aliphatic imine (C=N–C) groups is 1. The van der Waals surface area contributed by atoms with Crippen molar-refractivity contribution >= 4 is 28.9 Å². The summed E-state index contributed by atoms with van der Waals surface area (Å²) in [4.78, 5) is 33.2. The van der Waals surface area contributed by atoms with Crippen LogP contribution < -0.4 is 5.32 Å². The second-order valence-corrected chi connectivity index (χ2v) is 8.22. The maximum Gasteiger partial charge on any atom is 0.253 e. The van der Waals surface area contributed by atoms with Gasteiger partial charge in [-0.05, 0) is 54.3 Å². The van der Waals surface area contributed by atoms with E-state index in [9.17, 15) is 9.59 Å². The van der Waals surface area contributed by atoms with E-state index in [-0.39, 0.29) is 11.8 Å². The fourth-order valence-electron chi connectivity index (χ4n) is 4.25. The number of para-hydroxylation sites is 1. The van der Waals surface area contributed by atoms with Crippen LogP contribution >= 0.6 is 0 Å². The minimum atomic E-state index is -0.596. The highest BCUT2D eigenvalue weighted by atomic mass is 16.2. The van der Waals surface area contributed by atoms with Crippen LogP contribution in [0.3, 0.4) is 0 Å². The number of amides is 2. The van der Waals surface area contributed by atoms with Crippen LogP contribution in [-0.2, 0) is 4.79 Å². The van der Waals surface area contributed by atoms with Crippen LogP contribution in [0.15, 0.2) is 83.9 Å². The van der Waals surface area contributed by atoms with Crippen LogP contribution in [0, 0.1) is 0 Å². The van der Waals surface area contributed by atoms with Crippen molar-refractivity contribution in [2.45, 2.75) is 32.6 Å². The van der Waals surface area contributed by atoms with Gasteiger partial charge in [-0.15, -0.1) is 0 Å². The van der Waals surface area contributed by atoms with Gasteiger partial charge in [0, 0.05) is 24.3 Å². The zero-order chi connectivity index (χ0) is 23.2. The van der Waals surface area contributed by atoms with Gasteiger partial charge in [0.15, 0.2) is 0 Å². The molecule has 1 N–H and O–H groups in total. The molecule has 0 saturated heterocycles. The average molecular weight is 440 g/mol. The van der Waals surface area contributed by atoms with Gasteiger partial charge in [-0.2, -0.15) is 0 Å². The van der Waals surface area contributed by atoms with Crippen LogP contribution in [0.2, 0.25) is 0 Å². The first-order valence-electron chi connectivity index (χ1n) is 11.6. The summed E-state index contributed by atoms with van der Waals surface area (Å²) in [7, 11) is 0. The first-order chi connectivity index (χ1) is 16.1. The Balaban J connectivity index is 1.79. The summed E-state index contributed by atoms with van der Waals surface area (Å²) in [6.45, 7) is 5.58. The van der Waals surface area contributed by atoms with Crippen molar-refractivity contribution in [1.82, 2.24) is 4.90 Å². The second kappa shape index (κ2) is 10.3. The maximum absolute atomic E-state index is 13.2. The molecule has 5 heteroatoms. The quantitative estimate of drug-likeness (QED) is 0.451. The molecule has 0 saturated carbocycles. The van der Waals surface area contributed by atoms with Crippen molar-refractivity contribution in [3.05, 3.63) is 95.6 Å². The highest BCUT2D eigenvalue weighted by Gasteiger charge is 2.36. The van der Waals surface area contributed by atoms with Gasteiger partial charge in [-0.1, -0.05) is 62.4 Å². The van der Waals surface area contributed by atoms with Gasteiger partial charge in [0.05, 0.1) is 11.4 Å². The van der Waals surface area contributed by atoms with Crippen molar-refractivity contribution in [2.75, 3.05) is 18.4 Å². The van der Waals surface area contributed by atoms with E-state index >= 15 is 0 Å². The third-order valence-corrected chi connectivity index (χ3v) is 5.75. The lowest BCUT2D eigenvalue weighted by Gasteiger charge is -2.22. The van der Waals surface area contributed by atoms with E-state index in [1.807, 2.05) is 77.7 Å². The number of carbonyl (C=O) groups is 2. The van der Waals surface area contributed by atoms with Crippen molar-refractivity contribution in [1.29, 1.82) is 0 Å². The molecule has 1 aliphatic rings. The molecule has 1 heterocycles. The van der Waals surface area contributed by atoms with Gasteiger partial charge in [0.2, 0.25) is 5.91 Å². The third kappa shape index (κ3) is 4.87. The van der Waals surface area contributed by atoms with Crippen LogP contribution in [0.25, 0.3) is 0 Å². The lowest BCUT2D eigenvalue weighted by Crippen LogP contribution is -2.32. The molecule has 168 valence electrons. The molecular formula is C28H29N3O2. The fourth-order valence-corrected chi connectivity index (χ4v) is 4.25. The molecule has 0 fully saturated rings. The number of carbonyl (C=O) groups excluding carboxylic acids is 2. The van der Waals surface area contributed by atoms with Crippen molar-refractivity contribution in [2.24, 2.45) is 4.99 Å². The van der Waals surface area contributed by atoms with E-state index in [4.69, 9.17) is 4.99 Å². The fraction of sp³-hybridized carbons (Fsp3) is 0.250. The Morgan fingerprint density at radius 2 is 1.52 bits per heavy atom. The first kappa shape index (κ1) is 22.5. The standard InChI is InChI=1S/C28H29N3O2/c1-3-17-31(18-4-2)28(33)21-15-16-24-23(19-21)25(27(32)30-24)26(20-11-7-5-8-12-20)29-22-13-9-6-10-14-22/h5-16,19,25H,3-4,17-18H2,1-2H3,(H,30,32). The van der Waals surface area contributed by atoms with Gasteiger partial charge in [-0.3, -0.25) is 14.6 Å². The molecule has 1 unspecified atom stereocenters. The number of nitrogens with one attached hydrogen (secondary N) is 1. The Labute approximate surface area is 195 Å². The molecule has 0 aromatic heterocycles. The molecule has 0 bridgehead atoms. The number of hydrogen-bond donors (Lipinski definition) is 1. The van der Waals surface area contributed by atoms with E-state index in [0.29, 0.717) is 11.3 Å². The van der Waals surface area contributed by atoms with E-state index in [1.165, 1.54) is 0 Å². The highest BCUT2D eigenvalue weighted by molar-refractivity contribution is 6.24. The Kier molecular flexibility index (Phi) is 6.98. The number of anilines is 1. The molecule has 4 rings (SSSR count). The first-order valence-corrected chi connectivity index (χ1v) is 11.6. The van der Waals surface area contributed by atoms with Crippen LogP contribution in [0.5, 0.6) is 0 Å². The van der Waals surface area contributed by atoms with Crippen molar-refractivity contribution in [3.8, 4) is 0 Å². The third-order valence-electron chi connectivity index (χ3n) is 5.75. The molecule has 33 heavy (non-hydrogen) atoms. The van der Waals surface area contributed by atoms with Gasteiger partial charge in [-0.25, -0.2) is 0 Å². The van der Waals surface area contributed by atoms with Crippen LogP contribution in [0.1, 0.15) is 54.1 Å². The summed E-state index contributed by atoms with van der Waals surface area (Å²) in [6, 6.07) is 24.9. The van der Waals surface area contributed by atoms with Gasteiger partial charge < -0.3 is 10.2 Å². The van der Waals surface area contributed by atoms with Crippen molar-refractivity contribution in [3.63, 3.8) is 0 Å². The van der Waals surface area contributed by atoms with Crippen LogP contribution in [-0.4, -0.2) is 35.5 Å². The number of fused-ring (bicyclic) bond motifs is 1. The second-order valence-electron chi connectivity index (χ2n) is 8.22. The molecule has 3 aromatic carbocycles. The van der Waals surface area contributed by atoms with E-state index < -0.39 is 5.92 Å². The number of rotatable bonds is 8. The summed E-state index contributed by atoms with van der Waals surface area (Å²) < 4.78 is 0. The maximum atomic E-state index is 13.2. The normalized spacial score (nSPS) is 15.2. The largest absolute Gasteiger partial charge is 0.339 e. The minimum Gasteiger partial charge on any atom is -0.339 e. The predicted octanol–water partition coefficient (Wildman–Crippen LogP) is 5.81. The number of hydrogen-bond acceptors (Lipinski definition) is 3. The number of benzene rings is 3. The Bertz CT molecular complexity index is 1150. The zero-order valence-electron chi connectivity index (χ0n) is 19.1.